The molecular weight excluding hydrogens is 346 g/mol. The Kier molecular flexibility index (Phi) is 7.53. The fourth-order valence-electron chi connectivity index (χ4n) is 2.40. The molecule has 0 bridgehead atoms. The molecule has 2 aromatic rings. The zero-order valence-corrected chi connectivity index (χ0v) is 16.1. The number of hydrogen-bond acceptors (Lipinski definition) is 3. The average Bonchev–Trinajstić information content (AvgIpc) is 2.65. The van der Waals surface area contributed by atoms with Crippen LogP contribution in [0.4, 0.5) is 10.5 Å². The van der Waals surface area contributed by atoms with Crippen LogP contribution in [-0.4, -0.2) is 24.2 Å². The zero-order valence-electron chi connectivity index (χ0n) is 15.3. The monoisotopic (exact) mass is 371 g/mol. The molecule has 6 heteroatoms. The topological polar surface area (TPSA) is 70.2 Å². The van der Waals surface area contributed by atoms with Gasteiger partial charge in [-0.3, -0.25) is 4.79 Å². The number of amides is 3. The Morgan fingerprint density at radius 2 is 1.65 bits per heavy atom. The highest BCUT2D eigenvalue weighted by Crippen LogP contribution is 2.18. The van der Waals surface area contributed by atoms with Gasteiger partial charge in [-0.05, 0) is 42.0 Å². The van der Waals surface area contributed by atoms with E-state index in [9.17, 15) is 9.59 Å². The highest BCUT2D eigenvalue weighted by Gasteiger charge is 2.24. The van der Waals surface area contributed by atoms with E-state index < -0.39 is 6.04 Å². The van der Waals surface area contributed by atoms with E-state index in [0.29, 0.717) is 12.2 Å². The lowest BCUT2D eigenvalue weighted by Crippen LogP contribution is -2.50. The molecular formula is C20H25N3O2S. The summed E-state index contributed by atoms with van der Waals surface area (Å²) >= 11 is 1.64. The maximum absolute atomic E-state index is 12.6. The summed E-state index contributed by atoms with van der Waals surface area (Å²) in [7, 11) is 0. The zero-order chi connectivity index (χ0) is 18.9. The average molecular weight is 372 g/mol. The van der Waals surface area contributed by atoms with Gasteiger partial charge in [-0.2, -0.15) is 0 Å². The summed E-state index contributed by atoms with van der Waals surface area (Å²) in [5, 5.41) is 8.41. The summed E-state index contributed by atoms with van der Waals surface area (Å²) in [6.45, 7) is 4.21. The minimum absolute atomic E-state index is 0.0389. The van der Waals surface area contributed by atoms with Crippen molar-refractivity contribution < 1.29 is 9.59 Å². The Morgan fingerprint density at radius 3 is 2.23 bits per heavy atom. The van der Waals surface area contributed by atoms with E-state index in [1.54, 1.807) is 11.8 Å². The number of hydrogen-bond donors (Lipinski definition) is 3. The summed E-state index contributed by atoms with van der Waals surface area (Å²) < 4.78 is 0. The predicted molar refractivity (Wildman–Crippen MR) is 107 cm³/mol. The molecule has 2 aromatic carbocycles. The molecule has 0 radical (unpaired) electrons. The predicted octanol–water partition coefficient (Wildman–Crippen LogP) is 3.87. The largest absolute Gasteiger partial charge is 0.334 e. The lowest BCUT2D eigenvalue weighted by molar-refractivity contribution is -0.118. The molecule has 3 N–H and O–H groups in total. The van der Waals surface area contributed by atoms with E-state index in [0.717, 1.165) is 10.5 Å². The SMILES string of the molecule is CSc1ccc(NC(=O)C(NC(=O)NCc2ccccc2)C(C)C)cc1. The molecule has 2 rings (SSSR count). The van der Waals surface area contributed by atoms with Crippen LogP contribution in [0.25, 0.3) is 0 Å². The van der Waals surface area contributed by atoms with Gasteiger partial charge in [0.05, 0.1) is 0 Å². The fraction of sp³-hybridized carbons (Fsp3) is 0.300. The normalized spacial score (nSPS) is 11.7. The first-order chi connectivity index (χ1) is 12.5. The van der Waals surface area contributed by atoms with Crippen molar-refractivity contribution in [3.05, 3.63) is 60.2 Å². The Hall–Kier alpha value is -2.47. The maximum atomic E-state index is 12.6. The van der Waals surface area contributed by atoms with Gasteiger partial charge in [0.1, 0.15) is 6.04 Å². The number of rotatable bonds is 7. The second kappa shape index (κ2) is 9.87. The van der Waals surface area contributed by atoms with Gasteiger partial charge in [0.25, 0.3) is 0 Å². The van der Waals surface area contributed by atoms with E-state index in [4.69, 9.17) is 0 Å². The van der Waals surface area contributed by atoms with Crippen molar-refractivity contribution in [1.29, 1.82) is 0 Å². The third-order valence-electron chi connectivity index (χ3n) is 3.89. The molecule has 0 aliphatic rings. The molecule has 0 saturated carbocycles. The lowest BCUT2D eigenvalue weighted by Gasteiger charge is -2.22. The summed E-state index contributed by atoms with van der Waals surface area (Å²) in [5.74, 6) is -0.269. The number of carbonyl (C=O) groups is 2. The molecule has 0 aliphatic carbocycles. The van der Waals surface area contributed by atoms with E-state index in [-0.39, 0.29) is 17.9 Å². The standard InChI is InChI=1S/C20H25N3O2S/c1-14(2)18(19(24)22-16-9-11-17(26-3)12-10-16)23-20(25)21-13-15-7-5-4-6-8-15/h4-12,14,18H,13H2,1-3H3,(H,22,24)(H2,21,23,25). The van der Waals surface area contributed by atoms with Crippen LogP contribution in [0.3, 0.4) is 0 Å². The lowest BCUT2D eigenvalue weighted by atomic mass is 10.0. The van der Waals surface area contributed by atoms with Gasteiger partial charge in [0.15, 0.2) is 0 Å². The third kappa shape index (κ3) is 6.11. The third-order valence-corrected chi connectivity index (χ3v) is 4.63. The smallest absolute Gasteiger partial charge is 0.315 e. The molecule has 1 unspecified atom stereocenters. The Balaban J connectivity index is 1.91. The number of anilines is 1. The molecule has 0 spiro atoms. The molecule has 0 aliphatic heterocycles. The summed E-state index contributed by atoms with van der Waals surface area (Å²) in [6.07, 6.45) is 2.00. The van der Waals surface area contributed by atoms with E-state index in [1.165, 1.54) is 0 Å². The van der Waals surface area contributed by atoms with Crippen LogP contribution in [0, 0.1) is 5.92 Å². The molecule has 1 atom stereocenters. The highest BCUT2D eigenvalue weighted by atomic mass is 32.2. The maximum Gasteiger partial charge on any atom is 0.315 e. The second-order valence-corrected chi connectivity index (χ2v) is 7.13. The molecule has 138 valence electrons. The van der Waals surface area contributed by atoms with Crippen LogP contribution in [-0.2, 0) is 11.3 Å². The molecule has 26 heavy (non-hydrogen) atoms. The van der Waals surface area contributed by atoms with Crippen molar-refractivity contribution in [1.82, 2.24) is 10.6 Å². The minimum Gasteiger partial charge on any atom is -0.334 e. The van der Waals surface area contributed by atoms with Gasteiger partial charge in [-0.1, -0.05) is 44.2 Å². The van der Waals surface area contributed by atoms with Crippen LogP contribution in [0.2, 0.25) is 0 Å². The quantitative estimate of drug-likeness (QED) is 0.647. The van der Waals surface area contributed by atoms with Gasteiger partial charge >= 0.3 is 6.03 Å². The second-order valence-electron chi connectivity index (χ2n) is 6.25. The van der Waals surface area contributed by atoms with Crippen LogP contribution in [0.1, 0.15) is 19.4 Å². The van der Waals surface area contributed by atoms with Crippen molar-refractivity contribution in [3.63, 3.8) is 0 Å². The van der Waals surface area contributed by atoms with Crippen LogP contribution in [0.5, 0.6) is 0 Å². The van der Waals surface area contributed by atoms with Crippen molar-refractivity contribution in [2.75, 3.05) is 11.6 Å². The van der Waals surface area contributed by atoms with Gasteiger partial charge in [-0.15, -0.1) is 11.8 Å². The number of thioether (sulfide) groups is 1. The van der Waals surface area contributed by atoms with Gasteiger partial charge in [-0.25, -0.2) is 4.79 Å². The fourth-order valence-corrected chi connectivity index (χ4v) is 2.81. The number of carbonyl (C=O) groups excluding carboxylic acids is 2. The molecule has 0 saturated heterocycles. The van der Waals surface area contributed by atoms with Crippen LogP contribution >= 0.6 is 11.8 Å². The van der Waals surface area contributed by atoms with Crippen molar-refractivity contribution in [2.45, 2.75) is 31.3 Å². The van der Waals surface area contributed by atoms with Crippen LogP contribution in [0.15, 0.2) is 59.5 Å². The minimum atomic E-state index is -0.619. The molecule has 5 nitrogen and oxygen atoms in total. The van der Waals surface area contributed by atoms with E-state index in [2.05, 4.69) is 16.0 Å². The highest BCUT2D eigenvalue weighted by molar-refractivity contribution is 7.98. The number of benzene rings is 2. The van der Waals surface area contributed by atoms with Crippen LogP contribution < -0.4 is 16.0 Å². The van der Waals surface area contributed by atoms with E-state index in [1.807, 2.05) is 74.7 Å². The first-order valence-corrected chi connectivity index (χ1v) is 9.75. The Bertz CT molecular complexity index is 718. The first kappa shape index (κ1) is 19.8. The first-order valence-electron chi connectivity index (χ1n) is 8.53. The van der Waals surface area contributed by atoms with Crippen molar-refractivity contribution in [3.8, 4) is 0 Å². The Labute approximate surface area is 159 Å². The number of nitrogens with one attached hydrogen (secondary N) is 3. The van der Waals surface area contributed by atoms with Crippen molar-refractivity contribution in [2.24, 2.45) is 5.92 Å². The summed E-state index contributed by atoms with van der Waals surface area (Å²) in [6, 6.07) is 16.3. The van der Waals surface area contributed by atoms with Crippen molar-refractivity contribution >= 4 is 29.4 Å². The van der Waals surface area contributed by atoms with Gasteiger partial charge in [0.2, 0.25) is 5.91 Å². The molecule has 3 amide bonds. The van der Waals surface area contributed by atoms with Gasteiger partial charge < -0.3 is 16.0 Å². The number of urea groups is 1. The Morgan fingerprint density at radius 1 is 1.00 bits per heavy atom. The molecule has 0 fully saturated rings. The molecule has 0 heterocycles. The van der Waals surface area contributed by atoms with Gasteiger partial charge in [0, 0.05) is 17.1 Å². The summed E-state index contributed by atoms with van der Waals surface area (Å²) in [4.78, 5) is 25.9. The molecule has 0 aromatic heterocycles. The summed E-state index contributed by atoms with van der Waals surface area (Å²) in [5.41, 5.74) is 1.71. The van der Waals surface area contributed by atoms with E-state index >= 15 is 0 Å².